The summed E-state index contributed by atoms with van der Waals surface area (Å²) in [6.07, 6.45) is 35.1. The van der Waals surface area contributed by atoms with Crippen LogP contribution in [0.1, 0.15) is 233 Å². The Hall–Kier alpha value is -1.59. The highest BCUT2D eigenvalue weighted by Gasteiger charge is 2.19. The summed E-state index contributed by atoms with van der Waals surface area (Å²) < 4.78 is 16.6. The van der Waals surface area contributed by atoms with Gasteiger partial charge in [0.05, 0.1) is 0 Å². The molecule has 0 N–H and O–H groups in total. The molecule has 0 amide bonds. The summed E-state index contributed by atoms with van der Waals surface area (Å²) in [6.45, 7) is 8.93. The fourth-order valence-corrected chi connectivity index (χ4v) is 6.24. The van der Waals surface area contributed by atoms with Crippen LogP contribution in [0.5, 0.6) is 0 Å². The maximum atomic E-state index is 12.6. The van der Waals surface area contributed by atoms with Gasteiger partial charge in [0, 0.05) is 19.3 Å². The third kappa shape index (κ3) is 36.0. The molecule has 0 bridgehead atoms. The van der Waals surface area contributed by atoms with Crippen molar-refractivity contribution in [1.29, 1.82) is 0 Å². The molecule has 6 nitrogen and oxygen atoms in total. The standard InChI is InChI=1S/C43H82O6/c1-5-8-10-12-14-16-18-20-22-27-31-35-42(45)48-38-40(49-43(46)36-32-28-24-23-25-29-33-39(4)7-3)37-47-41(44)34-30-26-21-19-17-15-13-11-9-6-2/h39-40H,5-38H2,1-4H3/t39?,40-/m0/s1. The van der Waals surface area contributed by atoms with E-state index in [1.54, 1.807) is 0 Å². The Morgan fingerprint density at radius 3 is 1.06 bits per heavy atom. The summed E-state index contributed by atoms with van der Waals surface area (Å²) in [5.41, 5.74) is 0. The van der Waals surface area contributed by atoms with E-state index in [9.17, 15) is 14.4 Å². The lowest BCUT2D eigenvalue weighted by atomic mass is 10.00. The van der Waals surface area contributed by atoms with Crippen molar-refractivity contribution in [2.24, 2.45) is 5.92 Å². The van der Waals surface area contributed by atoms with Crippen LogP contribution < -0.4 is 0 Å². The average Bonchev–Trinajstić information content (AvgIpc) is 3.10. The fraction of sp³-hybridized carbons (Fsp3) is 0.930. The molecule has 290 valence electrons. The van der Waals surface area contributed by atoms with Gasteiger partial charge in [0.15, 0.2) is 6.10 Å². The van der Waals surface area contributed by atoms with E-state index in [-0.39, 0.29) is 31.1 Å². The van der Waals surface area contributed by atoms with Crippen LogP contribution in [0.15, 0.2) is 0 Å². The molecule has 0 aromatic carbocycles. The third-order valence-electron chi connectivity index (χ3n) is 9.90. The molecular formula is C43H82O6. The molecule has 0 aromatic heterocycles. The lowest BCUT2D eigenvalue weighted by molar-refractivity contribution is -0.167. The minimum Gasteiger partial charge on any atom is -0.462 e. The Morgan fingerprint density at radius 1 is 0.408 bits per heavy atom. The zero-order chi connectivity index (χ0) is 36.0. The van der Waals surface area contributed by atoms with Gasteiger partial charge in [-0.1, -0.05) is 195 Å². The third-order valence-corrected chi connectivity index (χ3v) is 9.90. The molecule has 0 fully saturated rings. The van der Waals surface area contributed by atoms with E-state index in [4.69, 9.17) is 14.2 Å². The highest BCUT2D eigenvalue weighted by molar-refractivity contribution is 5.71. The van der Waals surface area contributed by atoms with Crippen LogP contribution in [0.3, 0.4) is 0 Å². The van der Waals surface area contributed by atoms with Crippen molar-refractivity contribution in [2.75, 3.05) is 13.2 Å². The van der Waals surface area contributed by atoms with E-state index in [1.807, 2.05) is 0 Å². The maximum Gasteiger partial charge on any atom is 0.306 e. The summed E-state index contributed by atoms with van der Waals surface area (Å²) >= 11 is 0. The summed E-state index contributed by atoms with van der Waals surface area (Å²) in [5.74, 6) is -0.0531. The second kappa shape index (κ2) is 37.7. The minimum absolute atomic E-state index is 0.0652. The molecule has 0 saturated carbocycles. The predicted molar refractivity (Wildman–Crippen MR) is 206 cm³/mol. The second-order valence-electron chi connectivity index (χ2n) is 14.9. The lowest BCUT2D eigenvalue weighted by Crippen LogP contribution is -2.30. The monoisotopic (exact) mass is 695 g/mol. The first-order chi connectivity index (χ1) is 23.9. The smallest absolute Gasteiger partial charge is 0.306 e. The van der Waals surface area contributed by atoms with Crippen LogP contribution in [0.4, 0.5) is 0 Å². The zero-order valence-electron chi connectivity index (χ0n) is 33.1. The first kappa shape index (κ1) is 47.4. The largest absolute Gasteiger partial charge is 0.462 e. The van der Waals surface area contributed by atoms with E-state index in [1.165, 1.54) is 128 Å². The van der Waals surface area contributed by atoms with Gasteiger partial charge < -0.3 is 14.2 Å². The Balaban J connectivity index is 4.35. The van der Waals surface area contributed by atoms with Gasteiger partial charge >= 0.3 is 17.9 Å². The highest BCUT2D eigenvalue weighted by Crippen LogP contribution is 2.16. The van der Waals surface area contributed by atoms with Crippen molar-refractivity contribution in [1.82, 2.24) is 0 Å². The Morgan fingerprint density at radius 2 is 0.714 bits per heavy atom. The van der Waals surface area contributed by atoms with Crippen molar-refractivity contribution >= 4 is 17.9 Å². The molecule has 0 aliphatic carbocycles. The van der Waals surface area contributed by atoms with E-state index in [0.717, 1.165) is 63.7 Å². The van der Waals surface area contributed by atoms with Gasteiger partial charge in [-0.15, -0.1) is 0 Å². The van der Waals surface area contributed by atoms with Crippen LogP contribution in [0.25, 0.3) is 0 Å². The summed E-state index contributed by atoms with van der Waals surface area (Å²) in [7, 11) is 0. The number of hydrogen-bond donors (Lipinski definition) is 0. The zero-order valence-corrected chi connectivity index (χ0v) is 33.1. The SMILES string of the molecule is CCCCCCCCCCCCCC(=O)OC[C@H](COC(=O)CCCCCCCCCCCC)OC(=O)CCCCCCCCC(C)CC. The Kier molecular flexibility index (Phi) is 36.4. The number of ether oxygens (including phenoxy) is 3. The van der Waals surface area contributed by atoms with Gasteiger partial charge in [-0.3, -0.25) is 14.4 Å². The fourth-order valence-electron chi connectivity index (χ4n) is 6.24. The van der Waals surface area contributed by atoms with Crippen LogP contribution >= 0.6 is 0 Å². The highest BCUT2D eigenvalue weighted by atomic mass is 16.6. The molecule has 0 saturated heterocycles. The number of unbranched alkanes of at least 4 members (excludes halogenated alkanes) is 24. The molecule has 0 radical (unpaired) electrons. The number of esters is 3. The molecule has 0 aliphatic heterocycles. The Bertz CT molecular complexity index is 738. The molecule has 49 heavy (non-hydrogen) atoms. The van der Waals surface area contributed by atoms with Gasteiger partial charge in [-0.25, -0.2) is 0 Å². The van der Waals surface area contributed by atoms with E-state index in [0.29, 0.717) is 19.3 Å². The minimum atomic E-state index is -0.758. The molecule has 0 aromatic rings. The van der Waals surface area contributed by atoms with Gasteiger partial charge in [0.25, 0.3) is 0 Å². The topological polar surface area (TPSA) is 78.9 Å². The number of carbonyl (C=O) groups is 3. The predicted octanol–water partition coefficient (Wildman–Crippen LogP) is 13.2. The van der Waals surface area contributed by atoms with Gasteiger partial charge in [-0.05, 0) is 25.2 Å². The number of carbonyl (C=O) groups excluding carboxylic acids is 3. The maximum absolute atomic E-state index is 12.6. The first-order valence-electron chi connectivity index (χ1n) is 21.4. The normalized spacial score (nSPS) is 12.5. The average molecular weight is 695 g/mol. The van der Waals surface area contributed by atoms with E-state index < -0.39 is 6.10 Å². The van der Waals surface area contributed by atoms with E-state index in [2.05, 4.69) is 27.7 Å². The summed E-state index contributed by atoms with van der Waals surface area (Å²) in [4.78, 5) is 37.5. The molecule has 0 rings (SSSR count). The van der Waals surface area contributed by atoms with Crippen molar-refractivity contribution in [2.45, 2.75) is 239 Å². The quantitative estimate of drug-likeness (QED) is 0.0364. The van der Waals surface area contributed by atoms with Crippen LogP contribution in [-0.2, 0) is 28.6 Å². The summed E-state index contributed by atoms with van der Waals surface area (Å²) in [5, 5.41) is 0. The molecule has 0 heterocycles. The van der Waals surface area contributed by atoms with Crippen LogP contribution in [0.2, 0.25) is 0 Å². The molecule has 0 aliphatic rings. The van der Waals surface area contributed by atoms with Gasteiger partial charge in [0.2, 0.25) is 0 Å². The second-order valence-corrected chi connectivity index (χ2v) is 14.9. The van der Waals surface area contributed by atoms with Crippen LogP contribution in [0, 0.1) is 5.92 Å². The van der Waals surface area contributed by atoms with Crippen molar-refractivity contribution in [3.63, 3.8) is 0 Å². The van der Waals surface area contributed by atoms with Gasteiger partial charge in [0.1, 0.15) is 13.2 Å². The molecule has 2 atom stereocenters. The van der Waals surface area contributed by atoms with Gasteiger partial charge in [-0.2, -0.15) is 0 Å². The molecule has 0 spiro atoms. The molecule has 6 heteroatoms. The Labute approximate surface area is 304 Å². The molecule has 1 unspecified atom stereocenters. The first-order valence-corrected chi connectivity index (χ1v) is 21.4. The van der Waals surface area contributed by atoms with Crippen molar-refractivity contribution in [3.8, 4) is 0 Å². The number of rotatable bonds is 38. The number of hydrogen-bond acceptors (Lipinski definition) is 6. The van der Waals surface area contributed by atoms with Crippen molar-refractivity contribution < 1.29 is 28.6 Å². The summed E-state index contributed by atoms with van der Waals surface area (Å²) in [6, 6.07) is 0. The molecular weight excluding hydrogens is 612 g/mol. The van der Waals surface area contributed by atoms with Crippen molar-refractivity contribution in [3.05, 3.63) is 0 Å². The lowest BCUT2D eigenvalue weighted by Gasteiger charge is -2.18. The van der Waals surface area contributed by atoms with Crippen LogP contribution in [-0.4, -0.2) is 37.2 Å². The van der Waals surface area contributed by atoms with E-state index >= 15 is 0 Å².